The molecule has 41 heavy (non-hydrogen) atoms. The van der Waals surface area contributed by atoms with Crippen LogP contribution in [0.2, 0.25) is 0 Å². The number of benzene rings is 1. The van der Waals surface area contributed by atoms with Crippen molar-refractivity contribution in [3.63, 3.8) is 0 Å². The molecule has 4 atom stereocenters. The number of anilines is 1. The Morgan fingerprint density at radius 2 is 1.78 bits per heavy atom. The molecule has 1 amide bonds. The van der Waals surface area contributed by atoms with Gasteiger partial charge in [-0.15, -0.1) is 0 Å². The van der Waals surface area contributed by atoms with Crippen molar-refractivity contribution in [3.8, 4) is 5.75 Å². The third kappa shape index (κ3) is 3.85. The van der Waals surface area contributed by atoms with E-state index < -0.39 is 58.0 Å². The lowest BCUT2D eigenvalue weighted by molar-refractivity contribution is -0.153. The van der Waals surface area contributed by atoms with Gasteiger partial charge in [0.05, 0.1) is 11.6 Å². The summed E-state index contributed by atoms with van der Waals surface area (Å²) in [7, 11) is 6.95. The second kappa shape index (κ2) is 9.04. The molecule has 0 spiro atoms. The number of carbonyl (C=O) groups excluding carboxylic acids is 3. The molecule has 7 N–H and O–H groups in total. The maximum Gasteiger partial charge on any atom is 0.255 e. The number of amides is 1. The lowest BCUT2D eigenvalue weighted by atomic mass is 9.57. The molecule has 11 heteroatoms. The van der Waals surface area contributed by atoms with Crippen LogP contribution >= 0.6 is 0 Å². The molecule has 0 bridgehead atoms. The van der Waals surface area contributed by atoms with E-state index in [0.29, 0.717) is 18.0 Å². The van der Waals surface area contributed by atoms with E-state index in [4.69, 9.17) is 5.73 Å². The first-order chi connectivity index (χ1) is 19.2. The zero-order chi connectivity index (χ0) is 29.8. The number of Topliss-reactive ketones (excluding diaryl/α,β-unsaturated/α-hetero) is 2. The minimum atomic E-state index is -2.64. The fourth-order valence-corrected chi connectivity index (χ4v) is 7.83. The molecule has 11 nitrogen and oxygen atoms in total. The summed E-state index contributed by atoms with van der Waals surface area (Å²) >= 11 is 0. The molecule has 0 unspecified atom stereocenters. The van der Waals surface area contributed by atoms with Crippen LogP contribution in [0.15, 0.2) is 23.0 Å². The Hall–Kier alpha value is -3.41. The number of phenols is 1. The number of carbonyl (C=O) groups is 3. The number of fused-ring (bicyclic) bond motifs is 3. The molecule has 0 radical (unpaired) electrons. The largest absolute Gasteiger partial charge is 0.508 e. The fourth-order valence-electron chi connectivity index (χ4n) is 7.83. The number of primary amides is 1. The Morgan fingerprint density at radius 3 is 2.32 bits per heavy atom. The Bertz CT molecular complexity index is 1450. The second-order valence-electron chi connectivity index (χ2n) is 12.9. The number of nitrogens with one attached hydrogen (secondary N) is 1. The Morgan fingerprint density at radius 1 is 1.12 bits per heavy atom. The predicted octanol–water partition coefficient (Wildman–Crippen LogP) is 1.06. The molecule has 0 heterocycles. The Labute approximate surface area is 238 Å². The summed E-state index contributed by atoms with van der Waals surface area (Å²) in [4.78, 5) is 42.9. The summed E-state index contributed by atoms with van der Waals surface area (Å²) in [6, 6.07) is 0.498. The summed E-state index contributed by atoms with van der Waals surface area (Å²) in [5.74, 6) is -5.78. The zero-order valence-corrected chi connectivity index (χ0v) is 23.8. The van der Waals surface area contributed by atoms with Gasteiger partial charge < -0.3 is 36.4 Å². The van der Waals surface area contributed by atoms with Crippen molar-refractivity contribution in [2.45, 2.75) is 62.3 Å². The van der Waals surface area contributed by atoms with E-state index in [1.54, 1.807) is 20.2 Å². The van der Waals surface area contributed by atoms with E-state index in [-0.39, 0.29) is 35.3 Å². The van der Waals surface area contributed by atoms with Crippen LogP contribution in [-0.4, -0.2) is 88.2 Å². The minimum Gasteiger partial charge on any atom is -0.508 e. The average molecular weight is 567 g/mol. The summed E-state index contributed by atoms with van der Waals surface area (Å²) in [6.07, 6.45) is 5.06. The third-order valence-electron chi connectivity index (χ3n) is 10.00. The van der Waals surface area contributed by atoms with E-state index in [2.05, 4.69) is 5.32 Å². The van der Waals surface area contributed by atoms with Gasteiger partial charge in [0.2, 0.25) is 5.78 Å². The number of aliphatic hydroxyl groups excluding tert-OH is 2. The number of ketones is 2. The van der Waals surface area contributed by atoms with Crippen LogP contribution in [-0.2, 0) is 27.3 Å². The molecule has 220 valence electrons. The van der Waals surface area contributed by atoms with Crippen LogP contribution in [0.1, 0.15) is 48.8 Å². The number of likely N-dealkylation sites (N-methyl/N-ethyl adjacent to an activating group) is 1. The molecule has 3 saturated carbocycles. The van der Waals surface area contributed by atoms with Gasteiger partial charge in [-0.1, -0.05) is 0 Å². The Balaban J connectivity index is 1.47. The van der Waals surface area contributed by atoms with Gasteiger partial charge in [-0.2, -0.15) is 0 Å². The highest BCUT2D eigenvalue weighted by atomic mass is 16.3. The topological polar surface area (TPSA) is 177 Å². The number of aliphatic hydroxyl groups is 3. The number of aromatic hydroxyl groups is 1. The van der Waals surface area contributed by atoms with Crippen molar-refractivity contribution >= 4 is 28.9 Å². The quantitative estimate of drug-likeness (QED) is 0.262. The van der Waals surface area contributed by atoms with Crippen molar-refractivity contribution in [1.82, 2.24) is 10.2 Å². The molecule has 5 aliphatic carbocycles. The monoisotopic (exact) mass is 566 g/mol. The van der Waals surface area contributed by atoms with Crippen LogP contribution in [0.3, 0.4) is 0 Å². The summed E-state index contributed by atoms with van der Waals surface area (Å²) in [5.41, 5.74) is 4.44. The highest BCUT2D eigenvalue weighted by molar-refractivity contribution is 6.24. The molecule has 1 aromatic carbocycles. The van der Waals surface area contributed by atoms with Crippen molar-refractivity contribution in [3.05, 3.63) is 39.7 Å². The molecular formula is C30H38N4O7. The van der Waals surface area contributed by atoms with Crippen LogP contribution in [0.4, 0.5) is 5.69 Å². The first-order valence-corrected chi connectivity index (χ1v) is 14.2. The van der Waals surface area contributed by atoms with E-state index in [1.807, 2.05) is 19.0 Å². The zero-order valence-electron chi connectivity index (χ0n) is 23.8. The van der Waals surface area contributed by atoms with Crippen molar-refractivity contribution < 1.29 is 34.8 Å². The highest BCUT2D eigenvalue weighted by Crippen LogP contribution is 2.56. The maximum absolute atomic E-state index is 14.0. The number of hydrogen-bond acceptors (Lipinski definition) is 10. The van der Waals surface area contributed by atoms with Crippen molar-refractivity contribution in [1.29, 1.82) is 0 Å². The highest BCUT2D eigenvalue weighted by Gasteiger charge is 2.64. The van der Waals surface area contributed by atoms with E-state index >= 15 is 0 Å². The number of hydrogen-bond donors (Lipinski definition) is 6. The fraction of sp³-hybridized carbons (Fsp3) is 0.567. The molecule has 6 rings (SSSR count). The number of nitrogens with zero attached hydrogens (tertiary/aromatic N) is 2. The number of nitrogens with two attached hydrogens (primary N) is 1. The summed E-state index contributed by atoms with van der Waals surface area (Å²) < 4.78 is 0. The molecule has 0 aromatic heterocycles. The number of phenolic OH excluding ortho intramolecular Hbond substituents is 1. The van der Waals surface area contributed by atoms with E-state index in [9.17, 15) is 34.8 Å². The summed E-state index contributed by atoms with van der Waals surface area (Å²) in [6.45, 7) is 0.542. The molecular weight excluding hydrogens is 528 g/mol. The van der Waals surface area contributed by atoms with Gasteiger partial charge in [-0.3, -0.25) is 19.3 Å². The van der Waals surface area contributed by atoms with Gasteiger partial charge in [0, 0.05) is 43.4 Å². The molecule has 5 aliphatic rings. The van der Waals surface area contributed by atoms with Crippen molar-refractivity contribution in [2.75, 3.05) is 33.1 Å². The maximum atomic E-state index is 14.0. The van der Waals surface area contributed by atoms with Crippen LogP contribution in [0, 0.1) is 17.8 Å². The molecule has 3 fully saturated rings. The first-order valence-electron chi connectivity index (χ1n) is 14.2. The van der Waals surface area contributed by atoms with Crippen LogP contribution < -0.4 is 16.0 Å². The van der Waals surface area contributed by atoms with E-state index in [1.165, 1.54) is 17.7 Å². The van der Waals surface area contributed by atoms with E-state index in [0.717, 1.165) is 24.1 Å². The van der Waals surface area contributed by atoms with Crippen LogP contribution in [0.25, 0.3) is 5.76 Å². The normalized spacial score (nSPS) is 30.2. The van der Waals surface area contributed by atoms with Gasteiger partial charge >= 0.3 is 0 Å². The van der Waals surface area contributed by atoms with Gasteiger partial charge in [0.15, 0.2) is 11.4 Å². The Kier molecular flexibility index (Phi) is 6.12. The summed E-state index contributed by atoms with van der Waals surface area (Å²) in [5, 5.41) is 49.2. The minimum absolute atomic E-state index is 0.0622. The molecule has 0 saturated heterocycles. The van der Waals surface area contributed by atoms with Gasteiger partial charge in [0.1, 0.15) is 22.8 Å². The van der Waals surface area contributed by atoms with Gasteiger partial charge in [0.25, 0.3) is 5.91 Å². The van der Waals surface area contributed by atoms with Gasteiger partial charge in [-0.05, 0) is 81.6 Å². The third-order valence-corrected chi connectivity index (χ3v) is 10.00. The first kappa shape index (κ1) is 27.7. The standard InChI is InChI=1S/C30H38N4O7/c1-33(2)22-14(12-32-29(7-8-29)15-5-6-15)11-18(35)20-16(22)9-13-10-17-23(34(3)4)25(37)21(28(31)40)27(39)30(17,41)26(38)19(13)24(20)36/h11,13,15,17,23,32,35-36,39,41H,5-10,12H2,1-4H3,(H2,31,40)/t13-,17-,23-,30-/m0/s1. The average Bonchev–Trinajstić information content (AvgIpc) is 3.78. The smallest absolute Gasteiger partial charge is 0.255 e. The van der Waals surface area contributed by atoms with Gasteiger partial charge in [-0.25, -0.2) is 0 Å². The lowest BCUT2D eigenvalue weighted by Gasteiger charge is -2.50. The SMILES string of the molecule is CN(C)c1c(CNC2(C3CC3)CC2)cc(O)c2c1C[C@H]1C[C@H]3[C@H](N(C)C)C(=O)C(C(N)=O)=C(O)[C@@]3(O)C(=O)C1=C2O. The second-order valence-corrected chi connectivity index (χ2v) is 12.9. The predicted molar refractivity (Wildman–Crippen MR) is 150 cm³/mol. The molecule has 0 aliphatic heterocycles. The number of rotatable bonds is 7. The van der Waals surface area contributed by atoms with Crippen LogP contribution in [0.5, 0.6) is 5.75 Å². The molecule has 1 aromatic rings. The van der Waals surface area contributed by atoms with Crippen molar-refractivity contribution in [2.24, 2.45) is 23.5 Å². The lowest BCUT2D eigenvalue weighted by Crippen LogP contribution is -2.65.